The van der Waals surface area contributed by atoms with Crippen molar-refractivity contribution in [3.63, 3.8) is 0 Å². The summed E-state index contributed by atoms with van der Waals surface area (Å²) in [6.45, 7) is 4.00. The molecule has 6 nitrogen and oxygen atoms in total. The molecule has 7 heteroatoms. The summed E-state index contributed by atoms with van der Waals surface area (Å²) in [5, 5.41) is 3.30. The zero-order valence-corrected chi connectivity index (χ0v) is 17.3. The molecule has 0 saturated carbocycles. The van der Waals surface area contributed by atoms with Crippen LogP contribution < -0.4 is 5.32 Å². The smallest absolute Gasteiger partial charge is 0.194 e. The van der Waals surface area contributed by atoms with Crippen LogP contribution in [0.3, 0.4) is 0 Å². The Hall–Kier alpha value is -2.29. The summed E-state index contributed by atoms with van der Waals surface area (Å²) < 4.78 is 5.34. The Morgan fingerprint density at radius 1 is 1.23 bits per heavy atom. The lowest BCUT2D eigenvalue weighted by atomic mass is 10.2. The minimum absolute atomic E-state index is 0. The number of aromatic nitrogens is 2. The van der Waals surface area contributed by atoms with Gasteiger partial charge in [0.05, 0.1) is 24.7 Å². The van der Waals surface area contributed by atoms with Gasteiger partial charge in [0.1, 0.15) is 18.1 Å². The Kier molecular flexibility index (Phi) is 7.71. The molecule has 0 bridgehead atoms. The molecule has 0 spiro atoms. The summed E-state index contributed by atoms with van der Waals surface area (Å²) >= 11 is 0. The summed E-state index contributed by atoms with van der Waals surface area (Å²) in [6.07, 6.45) is 3.53. The molecule has 138 valence electrons. The van der Waals surface area contributed by atoms with Gasteiger partial charge in [-0.15, -0.1) is 24.0 Å². The monoisotopic (exact) mass is 465 g/mol. The van der Waals surface area contributed by atoms with Gasteiger partial charge in [0, 0.05) is 13.6 Å². The maximum absolute atomic E-state index is 5.34. The topological polar surface area (TPSA) is 69.5 Å². The van der Waals surface area contributed by atoms with Gasteiger partial charge >= 0.3 is 0 Å². The van der Waals surface area contributed by atoms with E-state index in [0.717, 1.165) is 35.3 Å². The van der Waals surface area contributed by atoms with Crippen LogP contribution in [0.15, 0.2) is 64.3 Å². The molecule has 26 heavy (non-hydrogen) atoms. The minimum atomic E-state index is 0. The molecule has 0 aliphatic heterocycles. The van der Waals surface area contributed by atoms with Crippen molar-refractivity contribution in [3.05, 3.63) is 66.5 Å². The standard InChI is InChI=1S/C19H23N5O.HI/c1-3-20-19(22-12-16-10-7-11-25-16)24(2)14-18-21-13-17(23-18)15-8-5-4-6-9-15;/h4-11,13H,3,12,14H2,1-2H3,(H,20,22)(H,21,23);1H. The number of rotatable bonds is 6. The van der Waals surface area contributed by atoms with Crippen LogP contribution in [0.1, 0.15) is 18.5 Å². The second-order valence-electron chi connectivity index (χ2n) is 5.72. The van der Waals surface area contributed by atoms with Gasteiger partial charge in [-0.2, -0.15) is 0 Å². The largest absolute Gasteiger partial charge is 0.467 e. The number of nitrogens with one attached hydrogen (secondary N) is 2. The number of nitrogens with zero attached hydrogens (tertiary/aromatic N) is 3. The third kappa shape index (κ3) is 5.35. The number of guanidine groups is 1. The van der Waals surface area contributed by atoms with E-state index in [1.54, 1.807) is 6.26 Å². The van der Waals surface area contributed by atoms with E-state index in [9.17, 15) is 0 Å². The SMILES string of the molecule is CCNC(=NCc1ccco1)N(C)Cc1ncc(-c2ccccc2)[nH]1.I. The van der Waals surface area contributed by atoms with Crippen LogP contribution in [0, 0.1) is 0 Å². The molecule has 3 rings (SSSR count). The predicted octanol–water partition coefficient (Wildman–Crippen LogP) is 3.89. The number of hydrogen-bond acceptors (Lipinski definition) is 3. The Labute approximate surface area is 170 Å². The van der Waals surface area contributed by atoms with Crippen molar-refractivity contribution in [2.45, 2.75) is 20.0 Å². The van der Waals surface area contributed by atoms with Crippen LogP contribution in [0.2, 0.25) is 0 Å². The molecule has 2 aromatic heterocycles. The normalized spacial score (nSPS) is 11.1. The molecular formula is C19H24IN5O. The fraction of sp³-hybridized carbons (Fsp3) is 0.263. The molecule has 0 aliphatic carbocycles. The fourth-order valence-electron chi connectivity index (χ4n) is 2.53. The predicted molar refractivity (Wildman–Crippen MR) is 114 cm³/mol. The van der Waals surface area contributed by atoms with Crippen molar-refractivity contribution in [1.29, 1.82) is 0 Å². The highest BCUT2D eigenvalue weighted by Crippen LogP contribution is 2.16. The maximum Gasteiger partial charge on any atom is 0.194 e. The van der Waals surface area contributed by atoms with Crippen molar-refractivity contribution in [2.75, 3.05) is 13.6 Å². The lowest BCUT2D eigenvalue weighted by Crippen LogP contribution is -2.38. The maximum atomic E-state index is 5.34. The highest BCUT2D eigenvalue weighted by atomic mass is 127. The van der Waals surface area contributed by atoms with Crippen LogP contribution in [0.4, 0.5) is 0 Å². The van der Waals surface area contributed by atoms with Crippen LogP contribution >= 0.6 is 24.0 Å². The molecule has 2 N–H and O–H groups in total. The Morgan fingerprint density at radius 3 is 2.73 bits per heavy atom. The van der Waals surface area contributed by atoms with Gasteiger partial charge in [-0.25, -0.2) is 9.98 Å². The zero-order valence-electron chi connectivity index (χ0n) is 15.0. The highest BCUT2D eigenvalue weighted by Gasteiger charge is 2.10. The zero-order chi connectivity index (χ0) is 17.5. The van der Waals surface area contributed by atoms with Gasteiger partial charge in [0.25, 0.3) is 0 Å². The lowest BCUT2D eigenvalue weighted by molar-refractivity contribution is 0.459. The molecule has 0 unspecified atom stereocenters. The van der Waals surface area contributed by atoms with Gasteiger partial charge < -0.3 is 19.6 Å². The number of H-pyrrole nitrogens is 1. The van der Waals surface area contributed by atoms with Gasteiger partial charge in [-0.05, 0) is 24.6 Å². The minimum Gasteiger partial charge on any atom is -0.467 e. The molecule has 0 saturated heterocycles. The van der Waals surface area contributed by atoms with Crippen molar-refractivity contribution < 1.29 is 4.42 Å². The number of halogens is 1. The second-order valence-corrected chi connectivity index (χ2v) is 5.72. The first-order chi connectivity index (χ1) is 12.3. The van der Waals surface area contributed by atoms with E-state index < -0.39 is 0 Å². The first-order valence-electron chi connectivity index (χ1n) is 8.37. The lowest BCUT2D eigenvalue weighted by Gasteiger charge is -2.20. The van der Waals surface area contributed by atoms with Gasteiger partial charge in [-0.3, -0.25) is 0 Å². The first kappa shape index (κ1) is 20.0. The third-order valence-electron chi connectivity index (χ3n) is 3.76. The molecule has 0 radical (unpaired) electrons. The van der Waals surface area contributed by atoms with Crippen molar-refractivity contribution >= 4 is 29.9 Å². The number of hydrogen-bond donors (Lipinski definition) is 2. The molecule has 3 aromatic rings. The van der Waals surface area contributed by atoms with Crippen molar-refractivity contribution in [3.8, 4) is 11.3 Å². The summed E-state index contributed by atoms with van der Waals surface area (Å²) in [4.78, 5) is 14.5. The van der Waals surface area contributed by atoms with E-state index in [1.165, 1.54) is 0 Å². The Bertz CT molecular complexity index is 798. The molecule has 1 aromatic carbocycles. The molecular weight excluding hydrogens is 441 g/mol. The summed E-state index contributed by atoms with van der Waals surface area (Å²) in [5.41, 5.74) is 2.14. The number of imidazole rings is 1. The van der Waals surface area contributed by atoms with Crippen LogP contribution in [0.5, 0.6) is 0 Å². The number of aromatic amines is 1. The molecule has 0 aliphatic rings. The van der Waals surface area contributed by atoms with E-state index in [-0.39, 0.29) is 24.0 Å². The average Bonchev–Trinajstić information content (AvgIpc) is 3.31. The number of benzene rings is 1. The average molecular weight is 465 g/mol. The van der Waals surface area contributed by atoms with Crippen LogP contribution in [0.25, 0.3) is 11.3 Å². The Balaban J connectivity index is 0.00000243. The molecule has 0 amide bonds. The summed E-state index contributed by atoms with van der Waals surface area (Å²) in [7, 11) is 1.99. The number of aliphatic imine (C=N–C) groups is 1. The van der Waals surface area contributed by atoms with Crippen molar-refractivity contribution in [2.24, 2.45) is 4.99 Å². The van der Waals surface area contributed by atoms with Gasteiger partial charge in [0.2, 0.25) is 0 Å². The number of furan rings is 1. The summed E-state index contributed by atoms with van der Waals surface area (Å²) in [6, 6.07) is 14.0. The Morgan fingerprint density at radius 2 is 2.04 bits per heavy atom. The quantitative estimate of drug-likeness (QED) is 0.329. The van der Waals surface area contributed by atoms with Crippen LogP contribution in [-0.4, -0.2) is 34.4 Å². The highest BCUT2D eigenvalue weighted by molar-refractivity contribution is 14.0. The fourth-order valence-corrected chi connectivity index (χ4v) is 2.53. The molecule has 0 atom stereocenters. The van der Waals surface area contributed by atoms with Crippen molar-refractivity contribution in [1.82, 2.24) is 20.2 Å². The van der Waals surface area contributed by atoms with E-state index >= 15 is 0 Å². The van der Waals surface area contributed by atoms with Crippen LogP contribution in [-0.2, 0) is 13.1 Å². The third-order valence-corrected chi connectivity index (χ3v) is 3.76. The van der Waals surface area contributed by atoms with Gasteiger partial charge in [0.15, 0.2) is 5.96 Å². The van der Waals surface area contributed by atoms with E-state index in [4.69, 9.17) is 4.42 Å². The molecule has 0 fully saturated rings. The van der Waals surface area contributed by atoms with E-state index in [1.807, 2.05) is 48.5 Å². The van der Waals surface area contributed by atoms with Gasteiger partial charge in [-0.1, -0.05) is 30.3 Å². The van der Waals surface area contributed by atoms with E-state index in [2.05, 4.69) is 39.3 Å². The van der Waals surface area contributed by atoms with E-state index in [0.29, 0.717) is 13.1 Å². The summed E-state index contributed by atoms with van der Waals surface area (Å²) in [5.74, 6) is 2.55. The second kappa shape index (κ2) is 10.0. The molecule has 2 heterocycles. The first-order valence-corrected chi connectivity index (χ1v) is 8.37.